The maximum absolute atomic E-state index is 12.0. The molecule has 5 nitrogen and oxygen atoms in total. The quantitative estimate of drug-likeness (QED) is 0.791. The summed E-state index contributed by atoms with van der Waals surface area (Å²) in [6.07, 6.45) is 5.17. The number of benzene rings is 1. The topological polar surface area (TPSA) is 63.2 Å². The maximum Gasteiger partial charge on any atom is 0.211 e. The van der Waals surface area contributed by atoms with Gasteiger partial charge in [-0.15, -0.1) is 0 Å². The van der Waals surface area contributed by atoms with Gasteiger partial charge in [0.1, 0.15) is 6.33 Å². The van der Waals surface area contributed by atoms with Gasteiger partial charge in [-0.1, -0.05) is 37.3 Å². The molecular weight excluding hydrogens is 358 g/mol. The third-order valence-electron chi connectivity index (χ3n) is 5.98. The highest BCUT2D eigenvalue weighted by Gasteiger charge is 2.44. The highest BCUT2D eigenvalue weighted by molar-refractivity contribution is 7.88. The lowest BCUT2D eigenvalue weighted by molar-refractivity contribution is 0.198. The Bertz CT molecular complexity index is 871. The van der Waals surface area contributed by atoms with Crippen LogP contribution in [0.25, 0.3) is 0 Å². The molecule has 0 saturated carbocycles. The van der Waals surface area contributed by atoms with Crippen LogP contribution >= 0.6 is 0 Å². The van der Waals surface area contributed by atoms with Crippen LogP contribution in [0.15, 0.2) is 36.7 Å². The van der Waals surface area contributed by atoms with Crippen LogP contribution in [0, 0.1) is 26.7 Å². The van der Waals surface area contributed by atoms with Gasteiger partial charge in [-0.3, -0.25) is 0 Å². The number of aryl methyl sites for hydroxylation is 2. The van der Waals surface area contributed by atoms with Crippen molar-refractivity contribution in [2.24, 2.45) is 5.92 Å². The Morgan fingerprint density at radius 1 is 1.11 bits per heavy atom. The van der Waals surface area contributed by atoms with E-state index < -0.39 is 10.0 Å². The summed E-state index contributed by atoms with van der Waals surface area (Å²) >= 11 is 0. The molecule has 3 rings (SSSR count). The van der Waals surface area contributed by atoms with Crippen LogP contribution in [0.2, 0.25) is 0 Å². The van der Waals surface area contributed by atoms with Gasteiger partial charge < -0.3 is 0 Å². The summed E-state index contributed by atoms with van der Waals surface area (Å²) in [4.78, 5) is 8.97. The molecule has 1 radical (unpaired) electrons. The number of piperidine rings is 1. The Balaban J connectivity index is 2.12. The first-order valence-corrected chi connectivity index (χ1v) is 11.2. The van der Waals surface area contributed by atoms with Crippen LogP contribution in [-0.4, -0.2) is 42.0 Å². The predicted octanol–water partition coefficient (Wildman–Crippen LogP) is 3.28. The van der Waals surface area contributed by atoms with E-state index in [1.165, 1.54) is 11.8 Å². The molecule has 1 unspecified atom stereocenters. The van der Waals surface area contributed by atoms with E-state index in [9.17, 15) is 8.42 Å². The monoisotopic (exact) mass is 386 g/mol. The van der Waals surface area contributed by atoms with Gasteiger partial charge in [0.2, 0.25) is 10.0 Å². The SMILES string of the molecule is [CH2]CC(c1ccccc1)(c1c(C)ncnc1C)C1CCN(S(C)(=O)=O)CC1. The molecule has 6 heteroatoms. The summed E-state index contributed by atoms with van der Waals surface area (Å²) in [5.74, 6) is 0.277. The fraction of sp³-hybridized carbons (Fsp3) is 0.476. The minimum atomic E-state index is -3.15. The molecule has 1 aromatic carbocycles. The summed E-state index contributed by atoms with van der Waals surface area (Å²) < 4.78 is 25.5. The van der Waals surface area contributed by atoms with Gasteiger partial charge in [-0.05, 0) is 44.6 Å². The highest BCUT2D eigenvalue weighted by Crippen LogP contribution is 2.48. The number of hydrogen-bond acceptors (Lipinski definition) is 4. The van der Waals surface area contributed by atoms with E-state index in [0.29, 0.717) is 19.5 Å². The Morgan fingerprint density at radius 3 is 2.15 bits per heavy atom. The van der Waals surface area contributed by atoms with Gasteiger partial charge in [0, 0.05) is 35.5 Å². The molecule has 1 atom stereocenters. The van der Waals surface area contributed by atoms with Crippen molar-refractivity contribution in [2.75, 3.05) is 19.3 Å². The van der Waals surface area contributed by atoms with Crippen molar-refractivity contribution in [2.45, 2.75) is 38.5 Å². The Morgan fingerprint density at radius 2 is 1.67 bits per heavy atom. The Hall–Kier alpha value is -1.79. The van der Waals surface area contributed by atoms with Crippen molar-refractivity contribution < 1.29 is 8.42 Å². The van der Waals surface area contributed by atoms with Crippen molar-refractivity contribution in [3.8, 4) is 0 Å². The summed E-state index contributed by atoms with van der Waals surface area (Å²) in [5.41, 5.74) is 3.98. The van der Waals surface area contributed by atoms with Crippen LogP contribution in [0.3, 0.4) is 0 Å². The third-order valence-corrected chi connectivity index (χ3v) is 7.28. The number of aromatic nitrogens is 2. The number of nitrogens with zero attached hydrogens (tertiary/aromatic N) is 3. The molecule has 1 aliphatic heterocycles. The number of sulfonamides is 1. The fourth-order valence-corrected chi connectivity index (χ4v) is 5.59. The van der Waals surface area contributed by atoms with Gasteiger partial charge in [0.15, 0.2) is 0 Å². The van der Waals surface area contributed by atoms with E-state index in [0.717, 1.165) is 29.8 Å². The second-order valence-electron chi connectivity index (χ2n) is 7.44. The lowest BCUT2D eigenvalue weighted by Gasteiger charge is -2.45. The molecule has 2 aromatic rings. The fourth-order valence-electron chi connectivity index (χ4n) is 4.71. The molecule has 0 aliphatic carbocycles. The summed E-state index contributed by atoms with van der Waals surface area (Å²) in [7, 11) is -3.15. The Labute approximate surface area is 162 Å². The van der Waals surface area contributed by atoms with E-state index in [2.05, 4.69) is 41.2 Å². The molecular formula is C21H28N3O2S. The predicted molar refractivity (Wildman–Crippen MR) is 108 cm³/mol. The van der Waals surface area contributed by atoms with Gasteiger partial charge in [-0.2, -0.15) is 0 Å². The van der Waals surface area contributed by atoms with Gasteiger partial charge in [-0.25, -0.2) is 22.7 Å². The molecule has 27 heavy (non-hydrogen) atoms. The molecule has 0 bridgehead atoms. The largest absolute Gasteiger partial charge is 0.241 e. The lowest BCUT2D eigenvalue weighted by Crippen LogP contribution is -2.46. The van der Waals surface area contributed by atoms with E-state index in [1.54, 1.807) is 10.6 Å². The van der Waals surface area contributed by atoms with Crippen molar-refractivity contribution in [1.82, 2.24) is 14.3 Å². The van der Waals surface area contributed by atoms with Gasteiger partial charge in [0.05, 0.1) is 6.26 Å². The summed E-state index contributed by atoms with van der Waals surface area (Å²) in [6, 6.07) is 10.4. The normalized spacial score (nSPS) is 19.0. The molecule has 0 N–H and O–H groups in total. The zero-order valence-electron chi connectivity index (χ0n) is 16.4. The Kier molecular flexibility index (Phi) is 5.68. The molecule has 1 fully saturated rings. The molecule has 1 aliphatic rings. The van der Waals surface area contributed by atoms with Gasteiger partial charge >= 0.3 is 0 Å². The van der Waals surface area contributed by atoms with Crippen LogP contribution in [-0.2, 0) is 15.4 Å². The van der Waals surface area contributed by atoms with Crippen LogP contribution in [0.5, 0.6) is 0 Å². The highest BCUT2D eigenvalue weighted by atomic mass is 32.2. The number of rotatable bonds is 5. The van der Waals surface area contributed by atoms with Crippen molar-refractivity contribution >= 4 is 10.0 Å². The van der Waals surface area contributed by atoms with Crippen LogP contribution in [0.4, 0.5) is 0 Å². The average Bonchev–Trinajstić information content (AvgIpc) is 2.65. The van der Waals surface area contributed by atoms with Crippen LogP contribution < -0.4 is 0 Å². The van der Waals surface area contributed by atoms with Crippen molar-refractivity contribution in [3.05, 3.63) is 66.1 Å². The molecule has 0 amide bonds. The zero-order valence-corrected chi connectivity index (χ0v) is 17.2. The summed E-state index contributed by atoms with van der Waals surface area (Å²) in [5, 5.41) is 0. The molecule has 2 heterocycles. The molecule has 145 valence electrons. The maximum atomic E-state index is 12.0. The van der Waals surface area contributed by atoms with E-state index in [1.807, 2.05) is 19.9 Å². The molecule has 0 spiro atoms. The second kappa shape index (κ2) is 7.68. The smallest absolute Gasteiger partial charge is 0.211 e. The van der Waals surface area contributed by atoms with E-state index in [-0.39, 0.29) is 11.3 Å². The first-order chi connectivity index (χ1) is 12.8. The zero-order chi connectivity index (χ0) is 19.7. The third kappa shape index (κ3) is 3.65. The first-order valence-electron chi connectivity index (χ1n) is 9.39. The summed E-state index contributed by atoms with van der Waals surface area (Å²) in [6.45, 7) is 9.50. The van der Waals surface area contributed by atoms with Gasteiger partial charge in [0.25, 0.3) is 0 Å². The lowest BCUT2D eigenvalue weighted by atomic mass is 9.60. The van der Waals surface area contributed by atoms with Crippen molar-refractivity contribution in [3.63, 3.8) is 0 Å². The molecule has 1 saturated heterocycles. The average molecular weight is 387 g/mol. The standard InChI is InChI=1S/C21H28N3O2S/c1-5-21(18-9-7-6-8-10-18,20-16(2)22-15-23-17(20)3)19-11-13-24(14-12-19)27(4,25)26/h6-10,15,19H,1,5,11-14H2,2-4H3. The minimum absolute atomic E-state index is 0.277. The van der Waals surface area contributed by atoms with Crippen LogP contribution in [0.1, 0.15) is 41.8 Å². The second-order valence-corrected chi connectivity index (χ2v) is 9.43. The minimum Gasteiger partial charge on any atom is -0.241 e. The molecule has 1 aromatic heterocycles. The van der Waals surface area contributed by atoms with Crippen molar-refractivity contribution in [1.29, 1.82) is 0 Å². The first kappa shape index (κ1) is 20.0. The van der Waals surface area contributed by atoms with E-state index in [4.69, 9.17) is 0 Å². The number of hydrogen-bond donors (Lipinski definition) is 0. The van der Waals surface area contributed by atoms with E-state index >= 15 is 0 Å².